The van der Waals surface area contributed by atoms with Gasteiger partial charge in [0.2, 0.25) is 5.91 Å². The molecule has 0 aliphatic carbocycles. The number of carboxylic acid groups (broad SMARTS) is 1. The first-order valence-electron chi connectivity index (χ1n) is 9.59. The van der Waals surface area contributed by atoms with Gasteiger partial charge in [-0.3, -0.25) is 19.8 Å². The van der Waals surface area contributed by atoms with Crippen molar-refractivity contribution in [3.8, 4) is 5.75 Å². The Bertz CT molecular complexity index is 991. The molecule has 3 heterocycles. The molecule has 2 fully saturated rings. The minimum absolute atomic E-state index is 0. The molecule has 1 aromatic carbocycles. The average molecular weight is 451 g/mol. The van der Waals surface area contributed by atoms with Gasteiger partial charge < -0.3 is 19.9 Å². The fourth-order valence-electron chi connectivity index (χ4n) is 4.32. The normalized spacial score (nSPS) is 27.3. The summed E-state index contributed by atoms with van der Waals surface area (Å²) in [4.78, 5) is 40.9. The number of aromatic hydroxyl groups is 1. The molecule has 0 bridgehead atoms. The fourth-order valence-corrected chi connectivity index (χ4v) is 5.68. The van der Waals surface area contributed by atoms with Gasteiger partial charge in [0, 0.05) is 5.75 Å². The van der Waals surface area contributed by atoms with Gasteiger partial charge in [0.1, 0.15) is 23.2 Å². The van der Waals surface area contributed by atoms with Crippen molar-refractivity contribution < 1.29 is 54.2 Å². The van der Waals surface area contributed by atoms with E-state index in [9.17, 15) is 24.6 Å². The Kier molecular flexibility index (Phi) is 6.65. The Morgan fingerprint density at radius 1 is 1.26 bits per heavy atom. The van der Waals surface area contributed by atoms with Crippen LogP contribution in [0.2, 0.25) is 0 Å². The maximum atomic E-state index is 13.3. The van der Waals surface area contributed by atoms with Crippen LogP contribution in [0, 0.1) is 0 Å². The van der Waals surface area contributed by atoms with E-state index in [0.29, 0.717) is 16.9 Å². The number of fused-ring (bicyclic) bond motifs is 1. The van der Waals surface area contributed by atoms with E-state index >= 15 is 0 Å². The Morgan fingerprint density at radius 2 is 1.90 bits per heavy atom. The Hall–Kier alpha value is -1.78. The second-order valence-electron chi connectivity index (χ2n) is 7.95. The van der Waals surface area contributed by atoms with Crippen LogP contribution in [0.5, 0.6) is 5.75 Å². The molecule has 3 aliphatic rings. The van der Waals surface area contributed by atoms with E-state index in [2.05, 4.69) is 5.32 Å². The maximum absolute atomic E-state index is 13.3. The molecule has 158 valence electrons. The van der Waals surface area contributed by atoms with Gasteiger partial charge in [0.15, 0.2) is 0 Å². The van der Waals surface area contributed by atoms with Crippen LogP contribution >= 0.6 is 11.8 Å². The number of aliphatic carboxylic acids is 1. The van der Waals surface area contributed by atoms with E-state index in [0.717, 1.165) is 0 Å². The zero-order valence-electron chi connectivity index (χ0n) is 17.8. The van der Waals surface area contributed by atoms with Gasteiger partial charge in [-0.15, -0.1) is 11.8 Å². The van der Waals surface area contributed by atoms with Gasteiger partial charge in [-0.05, 0) is 44.0 Å². The maximum Gasteiger partial charge on any atom is 1.00 e. The first kappa shape index (κ1) is 23.9. The number of hydrogen-bond donors (Lipinski definition) is 2. The summed E-state index contributed by atoms with van der Waals surface area (Å²) in [6.45, 7) is 5.41. The molecule has 0 aromatic heterocycles. The zero-order valence-corrected chi connectivity index (χ0v) is 20.6. The SMILES string of the molecule is C/C=C\C1=C(C(=O)[O-])N2C(=O)C(N3C(=O)C(c4ccc(O)cc4)NC3(C)C)[C@H]2SC1.[Na+]. The Balaban J connectivity index is 0.00000272. The second-order valence-corrected chi connectivity index (χ2v) is 9.06. The largest absolute Gasteiger partial charge is 1.00 e. The van der Waals surface area contributed by atoms with Crippen molar-refractivity contribution in [3.05, 3.63) is 53.3 Å². The van der Waals surface area contributed by atoms with Gasteiger partial charge in [-0.2, -0.15) is 0 Å². The van der Waals surface area contributed by atoms with Crippen molar-refractivity contribution in [3.63, 3.8) is 0 Å². The number of β-lactam (4-membered cyclic amide) rings is 1. The minimum atomic E-state index is -1.40. The third-order valence-corrected chi connectivity index (χ3v) is 6.91. The van der Waals surface area contributed by atoms with Crippen LogP contribution in [0.4, 0.5) is 0 Å². The summed E-state index contributed by atoms with van der Waals surface area (Å²) in [6, 6.07) is 4.91. The van der Waals surface area contributed by atoms with Crippen molar-refractivity contribution in [1.29, 1.82) is 0 Å². The molecule has 0 saturated carbocycles. The molecule has 2 unspecified atom stereocenters. The summed E-state index contributed by atoms with van der Waals surface area (Å²) in [5, 5.41) is 24.0. The van der Waals surface area contributed by atoms with Gasteiger partial charge >= 0.3 is 29.6 Å². The van der Waals surface area contributed by atoms with Gasteiger partial charge in [-0.25, -0.2) is 0 Å². The molecule has 8 nitrogen and oxygen atoms in total. The number of carbonyl (C=O) groups excluding carboxylic acids is 3. The van der Waals surface area contributed by atoms with Crippen LogP contribution < -0.4 is 40.0 Å². The number of nitrogens with zero attached hydrogens (tertiary/aromatic N) is 2. The number of carboxylic acids is 1. The Labute approximate surface area is 206 Å². The number of rotatable bonds is 4. The molecule has 0 radical (unpaired) electrons. The summed E-state index contributed by atoms with van der Waals surface area (Å²) in [7, 11) is 0. The number of phenolic OH excluding ortho intramolecular Hbond substituents is 1. The van der Waals surface area contributed by atoms with Crippen LogP contribution in [0.1, 0.15) is 32.4 Å². The number of thioether (sulfide) groups is 1. The molecule has 3 atom stereocenters. The molecule has 2 N–H and O–H groups in total. The first-order chi connectivity index (χ1) is 14.2. The molecule has 0 spiro atoms. The van der Waals surface area contributed by atoms with Crippen molar-refractivity contribution in [2.75, 3.05) is 5.75 Å². The molecule has 1 aromatic rings. The number of benzene rings is 1. The quantitative estimate of drug-likeness (QED) is 0.383. The van der Waals surface area contributed by atoms with Gasteiger partial charge in [0.25, 0.3) is 5.91 Å². The zero-order chi connectivity index (χ0) is 21.8. The number of phenols is 1. The Morgan fingerprint density at radius 3 is 2.48 bits per heavy atom. The molecule has 4 rings (SSSR count). The predicted molar refractivity (Wildman–Crippen MR) is 109 cm³/mol. The molecule has 3 aliphatic heterocycles. The van der Waals surface area contributed by atoms with E-state index in [-0.39, 0.29) is 46.9 Å². The monoisotopic (exact) mass is 451 g/mol. The summed E-state index contributed by atoms with van der Waals surface area (Å²) < 4.78 is 0. The van der Waals surface area contributed by atoms with Crippen LogP contribution in [0.15, 0.2) is 47.7 Å². The van der Waals surface area contributed by atoms with Crippen LogP contribution in [0.25, 0.3) is 0 Å². The minimum Gasteiger partial charge on any atom is -0.543 e. The van der Waals surface area contributed by atoms with Gasteiger partial charge in [0.05, 0.1) is 17.3 Å². The van der Waals surface area contributed by atoms with E-state index < -0.39 is 35.0 Å². The summed E-state index contributed by atoms with van der Waals surface area (Å²) in [6.07, 6.45) is 3.39. The number of allylic oxidation sites excluding steroid dienone is 2. The van der Waals surface area contributed by atoms with Gasteiger partial charge in [-0.1, -0.05) is 24.3 Å². The molecule has 2 amide bonds. The number of nitrogens with one attached hydrogen (secondary N) is 1. The molecule has 10 heteroatoms. The van der Waals surface area contributed by atoms with Crippen molar-refractivity contribution in [2.24, 2.45) is 0 Å². The van der Waals surface area contributed by atoms with Crippen LogP contribution in [0.3, 0.4) is 0 Å². The fraction of sp³-hybridized carbons (Fsp3) is 0.381. The van der Waals surface area contributed by atoms with Crippen LogP contribution in [-0.2, 0) is 14.4 Å². The topological polar surface area (TPSA) is 113 Å². The molecule has 2 saturated heterocycles. The smallest absolute Gasteiger partial charge is 0.543 e. The van der Waals surface area contributed by atoms with Crippen molar-refractivity contribution in [1.82, 2.24) is 15.1 Å². The molecular weight excluding hydrogens is 429 g/mol. The summed E-state index contributed by atoms with van der Waals surface area (Å²) in [5.74, 6) is -1.57. The first-order valence-corrected chi connectivity index (χ1v) is 10.6. The number of carbonyl (C=O) groups is 3. The van der Waals surface area contributed by atoms with Crippen LogP contribution in [-0.4, -0.2) is 55.5 Å². The van der Waals surface area contributed by atoms with E-state index in [1.54, 1.807) is 31.2 Å². The second kappa shape index (κ2) is 8.63. The third kappa shape index (κ3) is 3.82. The number of amides is 2. The number of hydrogen-bond acceptors (Lipinski definition) is 7. The van der Waals surface area contributed by atoms with Crippen molar-refractivity contribution >= 4 is 29.5 Å². The summed E-state index contributed by atoms with van der Waals surface area (Å²) >= 11 is 1.43. The van der Waals surface area contributed by atoms with Crippen molar-refractivity contribution in [2.45, 2.75) is 43.9 Å². The molecule has 31 heavy (non-hydrogen) atoms. The predicted octanol–water partition coefficient (Wildman–Crippen LogP) is -2.53. The average Bonchev–Trinajstić information content (AvgIpc) is 2.92. The standard InChI is InChI=1S/C21H23N3O5S.Na/c1-4-5-12-10-30-19-16(18(27)23(19)15(12)20(28)29)24-17(26)14(22-21(24,2)3)11-6-8-13(25)9-7-11;/h4-9,14,16,19,22,25H,10H2,1-3H3,(H,28,29);/q;+1/p-1/b5-4-;/t14?,16?,19-;/m1./s1. The summed E-state index contributed by atoms with van der Waals surface area (Å²) in [5.41, 5.74) is 0.268. The van der Waals surface area contributed by atoms with E-state index in [1.807, 2.05) is 13.8 Å². The molecular formula is C21H22N3NaO5S. The third-order valence-electron chi connectivity index (χ3n) is 5.62. The van der Waals surface area contributed by atoms with E-state index in [1.165, 1.54) is 33.7 Å². The van der Waals surface area contributed by atoms with E-state index in [4.69, 9.17) is 0 Å².